The number of aromatic nitrogens is 4. The van der Waals surface area contributed by atoms with Crippen molar-refractivity contribution in [2.45, 2.75) is 6.54 Å². The van der Waals surface area contributed by atoms with Crippen molar-refractivity contribution in [1.82, 2.24) is 24.4 Å². The molecule has 0 unspecified atom stereocenters. The van der Waals surface area contributed by atoms with Crippen molar-refractivity contribution in [2.24, 2.45) is 14.1 Å². The van der Waals surface area contributed by atoms with Crippen LogP contribution in [0.5, 0.6) is 0 Å². The smallest absolute Gasteiger partial charge is 0.331 e. The van der Waals surface area contributed by atoms with Gasteiger partial charge in [-0.2, -0.15) is 0 Å². The highest BCUT2D eigenvalue weighted by molar-refractivity contribution is 5.92. The van der Waals surface area contributed by atoms with E-state index >= 15 is 0 Å². The monoisotopic (exact) mass is 360 g/mol. The lowest BCUT2D eigenvalue weighted by molar-refractivity contribution is 0.0940. The normalized spacial score (nSPS) is 14.3. The molecule has 26 heavy (non-hydrogen) atoms. The lowest BCUT2D eigenvalue weighted by atomic mass is 10.3. The van der Waals surface area contributed by atoms with Crippen LogP contribution in [-0.2, 0) is 25.4 Å². The highest BCUT2D eigenvalue weighted by Gasteiger charge is 2.15. The standard InChI is InChI=1S/C16H20N6O4/c1-20-12(8-14(23)21(2)16(20)25)15(24)17-9-11-7-13(19-10-18-11)22-3-5-26-6-4-22/h7-8,10H,3-6,9H2,1-2H3,(H,17,24). The van der Waals surface area contributed by atoms with Gasteiger partial charge in [0.15, 0.2) is 0 Å². The topological polar surface area (TPSA) is 111 Å². The molecule has 0 radical (unpaired) electrons. The van der Waals surface area contributed by atoms with E-state index in [9.17, 15) is 14.4 Å². The Hall–Kier alpha value is -3.01. The SMILES string of the molecule is Cn1c(C(=O)NCc2cc(N3CCOCC3)ncn2)cc(=O)n(C)c1=O. The van der Waals surface area contributed by atoms with E-state index in [4.69, 9.17) is 4.74 Å². The van der Waals surface area contributed by atoms with Crippen LogP contribution in [0.25, 0.3) is 0 Å². The summed E-state index contributed by atoms with van der Waals surface area (Å²) in [6, 6.07) is 2.94. The van der Waals surface area contributed by atoms with Crippen molar-refractivity contribution in [3.05, 3.63) is 50.7 Å². The third-order valence-corrected chi connectivity index (χ3v) is 4.23. The van der Waals surface area contributed by atoms with Crippen LogP contribution in [0, 0.1) is 0 Å². The van der Waals surface area contributed by atoms with Crippen LogP contribution in [-0.4, -0.2) is 51.3 Å². The van der Waals surface area contributed by atoms with Gasteiger partial charge in [0.1, 0.15) is 17.8 Å². The van der Waals surface area contributed by atoms with Crippen LogP contribution in [0.2, 0.25) is 0 Å². The number of ether oxygens (including phenoxy) is 1. The van der Waals surface area contributed by atoms with Gasteiger partial charge >= 0.3 is 5.69 Å². The van der Waals surface area contributed by atoms with Crippen LogP contribution >= 0.6 is 0 Å². The van der Waals surface area contributed by atoms with Crippen LogP contribution in [0.15, 0.2) is 28.0 Å². The number of hydrogen-bond acceptors (Lipinski definition) is 7. The summed E-state index contributed by atoms with van der Waals surface area (Å²) in [5.41, 5.74) is -0.460. The first-order valence-electron chi connectivity index (χ1n) is 8.16. The predicted octanol–water partition coefficient (Wildman–Crippen LogP) is -1.36. The van der Waals surface area contributed by atoms with Crippen molar-refractivity contribution in [3.63, 3.8) is 0 Å². The zero-order valence-corrected chi connectivity index (χ0v) is 14.6. The second kappa shape index (κ2) is 7.48. The maximum atomic E-state index is 12.4. The molecule has 0 bridgehead atoms. The third kappa shape index (κ3) is 3.64. The molecule has 0 spiro atoms. The maximum absolute atomic E-state index is 12.4. The summed E-state index contributed by atoms with van der Waals surface area (Å²) < 4.78 is 7.40. The summed E-state index contributed by atoms with van der Waals surface area (Å²) in [6.07, 6.45) is 1.44. The van der Waals surface area contributed by atoms with Gasteiger partial charge < -0.3 is 15.0 Å². The molecule has 3 rings (SSSR count). The number of carbonyl (C=O) groups is 1. The Morgan fingerprint density at radius 1 is 1.15 bits per heavy atom. The Morgan fingerprint density at radius 2 is 1.88 bits per heavy atom. The van der Waals surface area contributed by atoms with E-state index < -0.39 is 17.2 Å². The summed E-state index contributed by atoms with van der Waals surface area (Å²) in [7, 11) is 2.80. The van der Waals surface area contributed by atoms with Gasteiger partial charge in [-0.15, -0.1) is 0 Å². The van der Waals surface area contributed by atoms with E-state index in [1.165, 1.54) is 20.4 Å². The van der Waals surface area contributed by atoms with Gasteiger partial charge in [0.05, 0.1) is 25.5 Å². The van der Waals surface area contributed by atoms with E-state index in [1.54, 1.807) is 6.07 Å². The van der Waals surface area contributed by atoms with E-state index in [1.807, 2.05) is 0 Å². The number of nitrogens with zero attached hydrogens (tertiary/aromatic N) is 5. The molecule has 10 heteroatoms. The largest absolute Gasteiger partial charge is 0.378 e. The number of amides is 1. The Labute approximate surface area is 149 Å². The number of morpholine rings is 1. The molecule has 1 amide bonds. The first-order chi connectivity index (χ1) is 12.5. The molecule has 3 heterocycles. The van der Waals surface area contributed by atoms with Crippen LogP contribution in [0.1, 0.15) is 16.2 Å². The molecule has 2 aromatic heterocycles. The van der Waals surface area contributed by atoms with Gasteiger partial charge in [-0.25, -0.2) is 14.8 Å². The van der Waals surface area contributed by atoms with E-state index in [-0.39, 0.29) is 12.2 Å². The molecular weight excluding hydrogens is 340 g/mol. The molecule has 2 aromatic rings. The van der Waals surface area contributed by atoms with Gasteiger partial charge in [-0.05, 0) is 0 Å². The zero-order valence-electron chi connectivity index (χ0n) is 14.6. The van der Waals surface area contributed by atoms with Crippen LogP contribution in [0.3, 0.4) is 0 Å². The van der Waals surface area contributed by atoms with Crippen molar-refractivity contribution < 1.29 is 9.53 Å². The maximum Gasteiger partial charge on any atom is 0.331 e. The zero-order chi connectivity index (χ0) is 18.7. The lowest BCUT2D eigenvalue weighted by Crippen LogP contribution is -2.41. The third-order valence-electron chi connectivity index (χ3n) is 4.23. The van der Waals surface area contributed by atoms with E-state index in [0.717, 1.165) is 34.1 Å². The predicted molar refractivity (Wildman–Crippen MR) is 93.2 cm³/mol. The molecule has 1 saturated heterocycles. The van der Waals surface area contributed by atoms with E-state index in [0.29, 0.717) is 18.9 Å². The summed E-state index contributed by atoms with van der Waals surface area (Å²) >= 11 is 0. The van der Waals surface area contributed by atoms with Crippen molar-refractivity contribution in [1.29, 1.82) is 0 Å². The number of rotatable bonds is 4. The minimum atomic E-state index is -0.556. The van der Waals surface area contributed by atoms with Gasteiger partial charge in [-0.3, -0.25) is 18.7 Å². The summed E-state index contributed by atoms with van der Waals surface area (Å²) in [5, 5.41) is 2.68. The van der Waals surface area contributed by atoms with Gasteiger partial charge in [0.2, 0.25) is 0 Å². The second-order valence-corrected chi connectivity index (χ2v) is 5.92. The fraction of sp³-hybridized carbons (Fsp3) is 0.438. The first-order valence-corrected chi connectivity index (χ1v) is 8.16. The van der Waals surface area contributed by atoms with Crippen molar-refractivity contribution in [3.8, 4) is 0 Å². The fourth-order valence-electron chi connectivity index (χ4n) is 2.66. The highest BCUT2D eigenvalue weighted by Crippen LogP contribution is 2.12. The average molecular weight is 360 g/mol. The van der Waals surface area contributed by atoms with Gasteiger partial charge in [0.25, 0.3) is 11.5 Å². The van der Waals surface area contributed by atoms with Crippen molar-refractivity contribution in [2.75, 3.05) is 31.2 Å². The molecule has 138 valence electrons. The molecule has 1 fully saturated rings. The minimum Gasteiger partial charge on any atom is -0.378 e. The Bertz CT molecular complexity index is 929. The van der Waals surface area contributed by atoms with Crippen LogP contribution < -0.4 is 21.5 Å². The quantitative estimate of drug-likeness (QED) is 0.717. The number of anilines is 1. The fourth-order valence-corrected chi connectivity index (χ4v) is 2.66. The summed E-state index contributed by atoms with van der Waals surface area (Å²) in [4.78, 5) is 46.5. The van der Waals surface area contributed by atoms with Crippen LogP contribution in [0.4, 0.5) is 5.82 Å². The highest BCUT2D eigenvalue weighted by atomic mass is 16.5. The molecule has 0 aliphatic carbocycles. The second-order valence-electron chi connectivity index (χ2n) is 5.92. The molecule has 1 aliphatic rings. The van der Waals surface area contributed by atoms with Gasteiger partial charge in [0, 0.05) is 39.3 Å². The van der Waals surface area contributed by atoms with Gasteiger partial charge in [-0.1, -0.05) is 0 Å². The molecule has 0 aromatic carbocycles. The molecule has 10 nitrogen and oxygen atoms in total. The summed E-state index contributed by atoms with van der Waals surface area (Å²) in [6.45, 7) is 2.94. The minimum absolute atomic E-state index is 0.000517. The molecule has 0 atom stereocenters. The lowest BCUT2D eigenvalue weighted by Gasteiger charge is -2.27. The molecule has 1 N–H and O–H groups in total. The number of carbonyl (C=O) groups excluding carboxylic acids is 1. The molecular formula is C16H20N6O4. The number of hydrogen-bond donors (Lipinski definition) is 1. The molecule has 0 saturated carbocycles. The summed E-state index contributed by atoms with van der Waals surface area (Å²) in [5.74, 6) is 0.252. The van der Waals surface area contributed by atoms with Crippen molar-refractivity contribution >= 4 is 11.7 Å². The Kier molecular flexibility index (Phi) is 5.12. The van der Waals surface area contributed by atoms with E-state index in [2.05, 4.69) is 20.2 Å². The first kappa shape index (κ1) is 17.8. The Morgan fingerprint density at radius 3 is 2.62 bits per heavy atom. The molecule has 1 aliphatic heterocycles. The number of nitrogens with one attached hydrogen (secondary N) is 1. The average Bonchev–Trinajstić information content (AvgIpc) is 2.68. The Balaban J connectivity index is 1.72.